The van der Waals surface area contributed by atoms with Crippen LogP contribution in [0.2, 0.25) is 0 Å². The molecule has 0 spiro atoms. The van der Waals surface area contributed by atoms with Gasteiger partial charge in [0.2, 0.25) is 11.7 Å². The number of rotatable bonds is 6. The number of carbonyl (C=O) groups excluding carboxylic acids is 1. The van der Waals surface area contributed by atoms with E-state index in [0.29, 0.717) is 40.4 Å². The molecule has 1 heterocycles. The molecule has 1 aromatic heterocycles. The first kappa shape index (κ1) is 20.4. The number of benzene rings is 1. The summed E-state index contributed by atoms with van der Waals surface area (Å²) in [5.41, 5.74) is 4.18. The lowest BCUT2D eigenvalue weighted by molar-refractivity contribution is -0.385. The summed E-state index contributed by atoms with van der Waals surface area (Å²) in [6.45, 7) is 11.6. The van der Waals surface area contributed by atoms with Crippen LogP contribution in [0, 0.1) is 24.0 Å². The van der Waals surface area contributed by atoms with Crippen molar-refractivity contribution in [3.63, 3.8) is 0 Å². The molecule has 0 unspecified atom stereocenters. The Balaban J connectivity index is 2.77. The minimum atomic E-state index is -0.413. The van der Waals surface area contributed by atoms with Gasteiger partial charge in [0.05, 0.1) is 23.3 Å². The van der Waals surface area contributed by atoms with E-state index in [1.54, 1.807) is 18.5 Å². The van der Waals surface area contributed by atoms with Gasteiger partial charge in [0.25, 0.3) is 5.69 Å². The number of ether oxygens (including phenoxy) is 1. The zero-order chi connectivity index (χ0) is 20.5. The van der Waals surface area contributed by atoms with Gasteiger partial charge < -0.3 is 4.74 Å². The Hall–Kier alpha value is -2.96. The number of allylic oxidation sites excluding steroid dienone is 2. The summed E-state index contributed by atoms with van der Waals surface area (Å²) in [7, 11) is 1.50. The minimum absolute atomic E-state index is 0.00399. The standard InChI is InChI=1S/C20H25N3O4/c1-8-22-20(27-7)18(14(6)21-22)19(24)15-9-10-16(23(25)26)17(13(15)5)12(4)11(2)3/h9-10H,8H2,1-7H3. The average molecular weight is 371 g/mol. The van der Waals surface area contributed by atoms with E-state index in [0.717, 1.165) is 11.1 Å². The van der Waals surface area contributed by atoms with Crippen molar-refractivity contribution in [2.24, 2.45) is 0 Å². The molecule has 7 heteroatoms. The third-order valence-corrected chi connectivity index (χ3v) is 4.81. The Labute approximate surface area is 158 Å². The molecule has 0 N–H and O–H groups in total. The van der Waals surface area contributed by atoms with Crippen molar-refractivity contribution in [2.75, 3.05) is 7.11 Å². The summed E-state index contributed by atoms with van der Waals surface area (Å²) in [5, 5.41) is 15.9. The van der Waals surface area contributed by atoms with Gasteiger partial charge in [0, 0.05) is 18.2 Å². The molecule has 0 atom stereocenters. The first-order chi connectivity index (χ1) is 12.6. The van der Waals surface area contributed by atoms with Gasteiger partial charge >= 0.3 is 0 Å². The van der Waals surface area contributed by atoms with Gasteiger partial charge in [0.15, 0.2) is 0 Å². The molecule has 0 aliphatic carbocycles. The van der Waals surface area contributed by atoms with Crippen molar-refractivity contribution in [3.05, 3.63) is 55.8 Å². The fourth-order valence-corrected chi connectivity index (χ4v) is 3.20. The first-order valence-corrected chi connectivity index (χ1v) is 8.74. The summed E-state index contributed by atoms with van der Waals surface area (Å²) < 4.78 is 7.04. The highest BCUT2D eigenvalue weighted by Crippen LogP contribution is 2.35. The van der Waals surface area contributed by atoms with Crippen LogP contribution in [0.5, 0.6) is 5.88 Å². The lowest BCUT2D eigenvalue weighted by Crippen LogP contribution is -2.10. The second-order valence-electron chi connectivity index (χ2n) is 6.63. The second-order valence-corrected chi connectivity index (χ2v) is 6.63. The van der Waals surface area contributed by atoms with Gasteiger partial charge in [-0.05, 0) is 58.7 Å². The van der Waals surface area contributed by atoms with Crippen LogP contribution in [0.4, 0.5) is 5.69 Å². The molecular formula is C20H25N3O4. The van der Waals surface area contributed by atoms with Crippen LogP contribution in [0.1, 0.15) is 60.4 Å². The third kappa shape index (κ3) is 3.49. The Kier molecular flexibility index (Phi) is 5.83. The SMILES string of the molecule is CCn1nc(C)c(C(=O)c2ccc([N+](=O)[O-])c(C(C)=C(C)C)c2C)c1OC. The van der Waals surface area contributed by atoms with Crippen molar-refractivity contribution in [1.82, 2.24) is 9.78 Å². The molecule has 0 saturated heterocycles. The smallest absolute Gasteiger partial charge is 0.277 e. The highest BCUT2D eigenvalue weighted by Gasteiger charge is 2.28. The van der Waals surface area contributed by atoms with E-state index in [-0.39, 0.29) is 11.5 Å². The van der Waals surface area contributed by atoms with Crippen LogP contribution in [0.3, 0.4) is 0 Å². The Morgan fingerprint density at radius 2 is 1.85 bits per heavy atom. The first-order valence-electron chi connectivity index (χ1n) is 8.74. The van der Waals surface area contributed by atoms with E-state index in [9.17, 15) is 14.9 Å². The second kappa shape index (κ2) is 7.73. The van der Waals surface area contributed by atoms with E-state index in [1.807, 2.05) is 27.7 Å². The Bertz CT molecular complexity index is 951. The van der Waals surface area contributed by atoms with Gasteiger partial charge in [-0.15, -0.1) is 0 Å². The van der Waals surface area contributed by atoms with Crippen molar-refractivity contribution >= 4 is 17.0 Å². The van der Waals surface area contributed by atoms with Crippen molar-refractivity contribution in [3.8, 4) is 5.88 Å². The number of ketones is 1. The zero-order valence-corrected chi connectivity index (χ0v) is 16.8. The maximum atomic E-state index is 13.3. The molecule has 144 valence electrons. The van der Waals surface area contributed by atoms with E-state index >= 15 is 0 Å². The van der Waals surface area contributed by atoms with Gasteiger partial charge in [-0.25, -0.2) is 4.68 Å². The Morgan fingerprint density at radius 3 is 2.33 bits per heavy atom. The molecule has 7 nitrogen and oxygen atoms in total. The quantitative estimate of drug-likeness (QED) is 0.424. The molecule has 0 radical (unpaired) electrons. The van der Waals surface area contributed by atoms with Gasteiger partial charge in [-0.3, -0.25) is 14.9 Å². The van der Waals surface area contributed by atoms with Crippen molar-refractivity contribution < 1.29 is 14.5 Å². The fourth-order valence-electron chi connectivity index (χ4n) is 3.20. The van der Waals surface area contributed by atoms with Crippen LogP contribution in [-0.2, 0) is 6.54 Å². The zero-order valence-electron chi connectivity index (χ0n) is 16.8. The molecule has 0 bridgehead atoms. The lowest BCUT2D eigenvalue weighted by Gasteiger charge is -2.14. The number of nitro benzene ring substituents is 1. The number of carbonyl (C=O) groups is 1. The van der Waals surface area contributed by atoms with Gasteiger partial charge in [0.1, 0.15) is 5.56 Å². The average Bonchev–Trinajstić information content (AvgIpc) is 2.95. The summed E-state index contributed by atoms with van der Waals surface area (Å²) >= 11 is 0. The van der Waals surface area contributed by atoms with E-state index < -0.39 is 4.92 Å². The van der Waals surface area contributed by atoms with E-state index in [2.05, 4.69) is 5.10 Å². The van der Waals surface area contributed by atoms with Gasteiger partial charge in [-0.2, -0.15) is 5.10 Å². The highest BCUT2D eigenvalue weighted by molar-refractivity contribution is 6.12. The number of methoxy groups -OCH3 is 1. The number of aromatic nitrogens is 2. The molecule has 0 saturated carbocycles. The maximum Gasteiger partial charge on any atom is 0.277 e. The van der Waals surface area contributed by atoms with Gasteiger partial charge in [-0.1, -0.05) is 5.57 Å². The normalized spacial score (nSPS) is 10.6. The maximum absolute atomic E-state index is 13.3. The van der Waals surface area contributed by atoms with Crippen LogP contribution >= 0.6 is 0 Å². The molecule has 0 aliphatic rings. The van der Waals surface area contributed by atoms with Crippen LogP contribution in [0.15, 0.2) is 17.7 Å². The molecule has 0 aliphatic heterocycles. The molecule has 2 rings (SSSR count). The third-order valence-electron chi connectivity index (χ3n) is 4.81. The summed E-state index contributed by atoms with van der Waals surface area (Å²) in [5.74, 6) is 0.150. The molecule has 1 aromatic carbocycles. The van der Waals surface area contributed by atoms with Crippen LogP contribution in [-0.4, -0.2) is 27.6 Å². The summed E-state index contributed by atoms with van der Waals surface area (Å²) in [6, 6.07) is 2.91. The number of nitrogens with zero attached hydrogens (tertiary/aromatic N) is 3. The Morgan fingerprint density at radius 1 is 1.22 bits per heavy atom. The number of aryl methyl sites for hydroxylation is 2. The molecule has 0 fully saturated rings. The van der Waals surface area contributed by atoms with Crippen LogP contribution in [0.25, 0.3) is 5.57 Å². The molecular weight excluding hydrogens is 346 g/mol. The summed E-state index contributed by atoms with van der Waals surface area (Å²) in [6.07, 6.45) is 0. The number of nitro groups is 1. The predicted molar refractivity (Wildman–Crippen MR) is 104 cm³/mol. The predicted octanol–water partition coefficient (Wildman–Crippen LogP) is 4.48. The lowest BCUT2D eigenvalue weighted by atomic mass is 9.90. The van der Waals surface area contributed by atoms with E-state index in [1.165, 1.54) is 19.2 Å². The summed E-state index contributed by atoms with van der Waals surface area (Å²) in [4.78, 5) is 24.4. The monoisotopic (exact) mass is 371 g/mol. The molecule has 0 amide bonds. The van der Waals surface area contributed by atoms with Crippen molar-refractivity contribution in [2.45, 2.75) is 48.1 Å². The molecule has 2 aromatic rings. The fraction of sp³-hybridized carbons (Fsp3) is 0.400. The topological polar surface area (TPSA) is 87.3 Å². The minimum Gasteiger partial charge on any atom is -0.481 e. The molecule has 27 heavy (non-hydrogen) atoms. The largest absolute Gasteiger partial charge is 0.481 e. The number of hydrogen-bond donors (Lipinski definition) is 0. The van der Waals surface area contributed by atoms with Crippen LogP contribution < -0.4 is 4.74 Å². The number of hydrogen-bond acceptors (Lipinski definition) is 5. The highest BCUT2D eigenvalue weighted by atomic mass is 16.6. The van der Waals surface area contributed by atoms with E-state index in [4.69, 9.17) is 4.74 Å². The van der Waals surface area contributed by atoms with Crippen molar-refractivity contribution in [1.29, 1.82) is 0 Å².